The zero-order chi connectivity index (χ0) is 29.2. The second kappa shape index (κ2) is 11.6. The normalized spacial score (nSPS) is 18.9. The van der Waals surface area contributed by atoms with Crippen LogP contribution >= 0.6 is 0 Å². The van der Waals surface area contributed by atoms with Crippen molar-refractivity contribution in [3.63, 3.8) is 0 Å². The summed E-state index contributed by atoms with van der Waals surface area (Å²) in [5.74, 6) is 1.75. The van der Waals surface area contributed by atoms with Crippen molar-refractivity contribution >= 4 is 34.4 Å². The quantitative estimate of drug-likeness (QED) is 0.275. The molecule has 2 amide bonds. The number of carboxylic acid groups (broad SMARTS) is 1. The van der Waals surface area contributed by atoms with Gasteiger partial charge >= 0.3 is 6.09 Å². The molecule has 216 valence electrons. The van der Waals surface area contributed by atoms with Crippen LogP contribution < -0.4 is 15.0 Å². The van der Waals surface area contributed by atoms with Gasteiger partial charge in [-0.2, -0.15) is 0 Å². The summed E-state index contributed by atoms with van der Waals surface area (Å²) in [6.07, 6.45) is 5.77. The molecular weight excluding hydrogens is 532 g/mol. The molecule has 0 radical (unpaired) electrons. The van der Waals surface area contributed by atoms with E-state index < -0.39 is 6.09 Å². The fourth-order valence-electron chi connectivity index (χ4n) is 5.94. The first kappa shape index (κ1) is 27.4. The van der Waals surface area contributed by atoms with Crippen LogP contribution in [0.3, 0.4) is 0 Å². The van der Waals surface area contributed by atoms with Crippen molar-refractivity contribution in [1.29, 1.82) is 0 Å². The molecule has 0 spiro atoms. The summed E-state index contributed by atoms with van der Waals surface area (Å²) in [7, 11) is 0. The van der Waals surface area contributed by atoms with Gasteiger partial charge in [0.1, 0.15) is 5.75 Å². The number of pyridine rings is 1. The van der Waals surface area contributed by atoms with Crippen LogP contribution in [0.15, 0.2) is 60.9 Å². The zero-order valence-electron chi connectivity index (χ0n) is 23.8. The molecular formula is C32H34N6O4. The number of carbonyl (C=O) groups excluding carboxylic acids is 1. The predicted octanol–water partition coefficient (Wildman–Crippen LogP) is 6.11. The standard InChI is InChI=1S/C32H34N6O4/c1-3-21-14-18-38(30(21)39)27-10-4-8-24-23(27)12-11-20(2)28(24)42-29-25(9-5-15-33-29)26-13-16-34-31(36-26)35-22-7-6-17-37(19-22)32(40)41/h4-5,8-13,15-16,21-22H,3,6-7,14,17-19H2,1-2H3,(H,40,41)(H,34,35,36)/t21-,22+/m1/s1. The summed E-state index contributed by atoms with van der Waals surface area (Å²) in [6, 6.07) is 15.5. The molecule has 2 aliphatic heterocycles. The minimum Gasteiger partial charge on any atom is -0.465 e. The van der Waals surface area contributed by atoms with Gasteiger partial charge in [-0.15, -0.1) is 0 Å². The van der Waals surface area contributed by atoms with E-state index in [0.717, 1.165) is 47.7 Å². The van der Waals surface area contributed by atoms with Crippen LogP contribution in [-0.4, -0.2) is 62.6 Å². The number of fused-ring (bicyclic) bond motifs is 1. The lowest BCUT2D eigenvalue weighted by atomic mass is 10.0. The van der Waals surface area contributed by atoms with Crippen LogP contribution in [0.2, 0.25) is 0 Å². The number of hydrogen-bond donors (Lipinski definition) is 2. The highest BCUT2D eigenvalue weighted by molar-refractivity contribution is 6.07. The minimum absolute atomic E-state index is 0.0685. The molecule has 2 N–H and O–H groups in total. The maximum atomic E-state index is 13.1. The second-order valence-electron chi connectivity index (χ2n) is 10.9. The Labute approximate surface area is 244 Å². The van der Waals surface area contributed by atoms with Gasteiger partial charge in [0.05, 0.1) is 16.9 Å². The van der Waals surface area contributed by atoms with E-state index in [1.165, 1.54) is 4.90 Å². The molecule has 4 heterocycles. The van der Waals surface area contributed by atoms with Crippen LogP contribution in [0.25, 0.3) is 22.0 Å². The van der Waals surface area contributed by atoms with Gasteiger partial charge in [-0.05, 0) is 62.4 Å². The van der Waals surface area contributed by atoms with Crippen molar-refractivity contribution in [2.75, 3.05) is 29.9 Å². The summed E-state index contributed by atoms with van der Waals surface area (Å²) in [4.78, 5) is 41.5. The van der Waals surface area contributed by atoms with Crippen molar-refractivity contribution in [3.8, 4) is 22.9 Å². The maximum absolute atomic E-state index is 13.1. The van der Waals surface area contributed by atoms with E-state index in [2.05, 4.69) is 28.3 Å². The number of ether oxygens (including phenoxy) is 1. The summed E-state index contributed by atoms with van der Waals surface area (Å²) in [5.41, 5.74) is 3.18. The number of nitrogens with one attached hydrogen (secondary N) is 1. The molecule has 4 aromatic rings. The van der Waals surface area contributed by atoms with Crippen LogP contribution in [0.1, 0.15) is 38.2 Å². The van der Waals surface area contributed by atoms with Crippen molar-refractivity contribution in [2.24, 2.45) is 5.92 Å². The number of carbonyl (C=O) groups is 2. The number of anilines is 2. The van der Waals surface area contributed by atoms with Crippen LogP contribution in [0, 0.1) is 12.8 Å². The van der Waals surface area contributed by atoms with Crippen molar-refractivity contribution in [3.05, 3.63) is 66.5 Å². The number of aromatic nitrogens is 3. The van der Waals surface area contributed by atoms with Gasteiger partial charge in [0.25, 0.3) is 0 Å². The van der Waals surface area contributed by atoms with Crippen LogP contribution in [0.5, 0.6) is 11.6 Å². The molecule has 10 heteroatoms. The molecule has 2 aromatic carbocycles. The summed E-state index contributed by atoms with van der Waals surface area (Å²) in [6.45, 7) is 5.69. The fraction of sp³-hybridized carbons (Fsp3) is 0.344. The number of aryl methyl sites for hydroxylation is 1. The highest BCUT2D eigenvalue weighted by Crippen LogP contribution is 2.40. The number of amides is 2. The average Bonchev–Trinajstić information content (AvgIpc) is 3.38. The molecule has 0 saturated carbocycles. The summed E-state index contributed by atoms with van der Waals surface area (Å²) < 4.78 is 6.56. The Bertz CT molecular complexity index is 1640. The predicted molar refractivity (Wildman–Crippen MR) is 161 cm³/mol. The first-order chi connectivity index (χ1) is 20.4. The van der Waals surface area contributed by atoms with E-state index in [0.29, 0.717) is 48.5 Å². The smallest absolute Gasteiger partial charge is 0.407 e. The van der Waals surface area contributed by atoms with Gasteiger partial charge in [0, 0.05) is 54.8 Å². The summed E-state index contributed by atoms with van der Waals surface area (Å²) >= 11 is 0. The molecule has 0 bridgehead atoms. The van der Waals surface area contributed by atoms with Gasteiger partial charge in [0.2, 0.25) is 17.7 Å². The van der Waals surface area contributed by atoms with E-state index >= 15 is 0 Å². The topological polar surface area (TPSA) is 121 Å². The molecule has 2 atom stereocenters. The first-order valence-electron chi connectivity index (χ1n) is 14.5. The van der Waals surface area contributed by atoms with Gasteiger partial charge in [-0.3, -0.25) is 4.79 Å². The Morgan fingerprint density at radius 1 is 1.05 bits per heavy atom. The van der Waals surface area contributed by atoms with E-state index in [4.69, 9.17) is 9.72 Å². The number of likely N-dealkylation sites (tertiary alicyclic amines) is 1. The maximum Gasteiger partial charge on any atom is 0.407 e. The van der Waals surface area contributed by atoms with Gasteiger partial charge in [-0.25, -0.2) is 19.7 Å². The molecule has 0 unspecified atom stereocenters. The number of piperidine rings is 1. The number of nitrogens with zero attached hydrogens (tertiary/aromatic N) is 5. The average molecular weight is 567 g/mol. The molecule has 2 saturated heterocycles. The molecule has 6 rings (SSSR count). The third kappa shape index (κ3) is 5.32. The Balaban J connectivity index is 1.31. The van der Waals surface area contributed by atoms with Gasteiger partial charge in [0.15, 0.2) is 0 Å². The third-order valence-corrected chi connectivity index (χ3v) is 8.21. The van der Waals surface area contributed by atoms with Crippen molar-refractivity contribution in [2.45, 2.75) is 45.6 Å². The Morgan fingerprint density at radius 3 is 2.74 bits per heavy atom. The molecule has 10 nitrogen and oxygen atoms in total. The zero-order valence-corrected chi connectivity index (χ0v) is 23.8. The SMILES string of the molecule is CC[C@@H]1CCN(c2cccc3c(Oc4ncccc4-c4ccnc(N[C@H]5CCCN(C(=O)O)C5)n4)c(C)ccc23)C1=O. The molecule has 0 aliphatic carbocycles. The second-order valence-corrected chi connectivity index (χ2v) is 10.9. The van der Waals surface area contributed by atoms with Crippen LogP contribution in [0.4, 0.5) is 16.4 Å². The van der Waals surface area contributed by atoms with Crippen molar-refractivity contribution < 1.29 is 19.4 Å². The van der Waals surface area contributed by atoms with Gasteiger partial charge in [-0.1, -0.05) is 31.2 Å². The van der Waals surface area contributed by atoms with E-state index in [-0.39, 0.29) is 17.9 Å². The van der Waals surface area contributed by atoms with E-state index in [1.807, 2.05) is 48.2 Å². The Hall–Kier alpha value is -4.73. The van der Waals surface area contributed by atoms with Crippen molar-refractivity contribution in [1.82, 2.24) is 19.9 Å². The van der Waals surface area contributed by atoms with Crippen LogP contribution in [-0.2, 0) is 4.79 Å². The minimum atomic E-state index is -0.915. The lowest BCUT2D eigenvalue weighted by molar-refractivity contribution is -0.120. The lowest BCUT2D eigenvalue weighted by Crippen LogP contribution is -2.44. The number of benzene rings is 2. The fourth-order valence-corrected chi connectivity index (χ4v) is 5.94. The van der Waals surface area contributed by atoms with E-state index in [1.54, 1.807) is 18.5 Å². The lowest BCUT2D eigenvalue weighted by Gasteiger charge is -2.31. The summed E-state index contributed by atoms with van der Waals surface area (Å²) in [5, 5.41) is 14.5. The highest BCUT2D eigenvalue weighted by atomic mass is 16.5. The number of rotatable bonds is 7. The van der Waals surface area contributed by atoms with E-state index in [9.17, 15) is 14.7 Å². The highest BCUT2D eigenvalue weighted by Gasteiger charge is 2.32. The number of hydrogen-bond acceptors (Lipinski definition) is 7. The molecule has 2 aliphatic rings. The first-order valence-corrected chi connectivity index (χ1v) is 14.5. The molecule has 2 fully saturated rings. The monoisotopic (exact) mass is 566 g/mol. The molecule has 2 aromatic heterocycles. The Kier molecular flexibility index (Phi) is 7.60. The van der Waals surface area contributed by atoms with Gasteiger partial charge < -0.3 is 25.0 Å². The largest absolute Gasteiger partial charge is 0.465 e. The molecule has 42 heavy (non-hydrogen) atoms. The Morgan fingerprint density at radius 2 is 1.93 bits per heavy atom. The third-order valence-electron chi connectivity index (χ3n) is 8.21.